The fourth-order valence-electron chi connectivity index (χ4n) is 0.291. The van der Waals surface area contributed by atoms with E-state index in [1.165, 1.54) is 0 Å². The zero-order valence-electron chi connectivity index (χ0n) is 4.76. The Morgan fingerprint density at radius 2 is 2.50 bits per heavy atom. The molecule has 0 heterocycles. The van der Waals surface area contributed by atoms with Crippen molar-refractivity contribution in [1.82, 2.24) is 0 Å². The summed E-state index contributed by atoms with van der Waals surface area (Å²) in [6, 6.07) is 0. The monoisotopic (exact) mass is 224 g/mol. The van der Waals surface area contributed by atoms with Crippen LogP contribution in [0.25, 0.3) is 0 Å². The highest BCUT2D eigenvalue weighted by Gasteiger charge is 1.76. The third-order valence-electron chi connectivity index (χ3n) is 0.591. The summed E-state index contributed by atoms with van der Waals surface area (Å²) in [5.41, 5.74) is 6.14. The van der Waals surface area contributed by atoms with Crippen LogP contribution in [0.4, 0.5) is 0 Å². The molecular weight excluding hydrogens is 215 g/mol. The van der Waals surface area contributed by atoms with Gasteiger partial charge in [0.1, 0.15) is 0 Å². The summed E-state index contributed by atoms with van der Waals surface area (Å²) >= 11 is 2.22. The Balaban J connectivity index is 3.61. The van der Waals surface area contributed by atoms with E-state index in [-0.39, 0.29) is 0 Å². The smallest absolute Gasteiger partial charge is 0.0462 e. The van der Waals surface area contributed by atoms with Gasteiger partial charge in [0.25, 0.3) is 0 Å². The number of allylic oxidation sites excluding steroid dienone is 2. The number of aliphatic imine (C=N–C) groups is 1. The molecule has 0 aliphatic heterocycles. The molecule has 0 fully saturated rings. The van der Waals surface area contributed by atoms with Crippen molar-refractivity contribution >= 4 is 28.8 Å². The van der Waals surface area contributed by atoms with Gasteiger partial charge in [-0.3, -0.25) is 4.99 Å². The van der Waals surface area contributed by atoms with Crippen molar-refractivity contribution in [2.45, 2.75) is 0 Å². The normalized spacial score (nSPS) is 13.0. The van der Waals surface area contributed by atoms with Gasteiger partial charge in [0.05, 0.1) is 0 Å². The number of nitrogens with two attached hydrogens (primary N) is 1. The first-order valence-corrected chi connectivity index (χ1v) is 3.77. The maximum Gasteiger partial charge on any atom is 0.0462 e. The lowest BCUT2D eigenvalue weighted by molar-refractivity contribution is 1.41. The predicted octanol–water partition coefficient (Wildman–Crippen LogP) is 0.965. The number of alkyl halides is 1. The first-order chi connectivity index (χ1) is 3.81. The third-order valence-corrected chi connectivity index (χ3v) is 1.03. The molecule has 0 radical (unpaired) electrons. The topological polar surface area (TPSA) is 38.4 Å². The van der Waals surface area contributed by atoms with Crippen LogP contribution in [0.2, 0.25) is 0 Å². The van der Waals surface area contributed by atoms with Gasteiger partial charge in [-0.05, 0) is 0 Å². The zero-order chi connectivity index (χ0) is 6.41. The van der Waals surface area contributed by atoms with Crippen molar-refractivity contribution in [3.05, 3.63) is 11.8 Å². The third kappa shape index (κ3) is 4.11. The van der Waals surface area contributed by atoms with Crippen LogP contribution in [-0.2, 0) is 0 Å². The van der Waals surface area contributed by atoms with Gasteiger partial charge in [-0.2, -0.15) is 0 Å². The van der Waals surface area contributed by atoms with E-state index >= 15 is 0 Å². The number of nitrogens with zero attached hydrogens (tertiary/aromatic N) is 1. The highest BCUT2D eigenvalue weighted by molar-refractivity contribution is 14.1. The van der Waals surface area contributed by atoms with E-state index in [1.807, 2.05) is 6.08 Å². The Hall–Kier alpha value is -0.0600. The second-order valence-electron chi connectivity index (χ2n) is 1.25. The van der Waals surface area contributed by atoms with E-state index in [1.54, 1.807) is 13.3 Å². The van der Waals surface area contributed by atoms with E-state index in [4.69, 9.17) is 5.73 Å². The van der Waals surface area contributed by atoms with Crippen LogP contribution in [0, 0.1) is 0 Å². The van der Waals surface area contributed by atoms with Gasteiger partial charge in [0.2, 0.25) is 0 Å². The molecule has 0 aliphatic rings. The van der Waals surface area contributed by atoms with Crippen LogP contribution in [0.15, 0.2) is 16.8 Å². The molecule has 0 amide bonds. The molecule has 0 saturated heterocycles. The van der Waals surface area contributed by atoms with Crippen molar-refractivity contribution < 1.29 is 0 Å². The molecule has 0 aromatic heterocycles. The van der Waals surface area contributed by atoms with Gasteiger partial charge in [0, 0.05) is 23.4 Å². The van der Waals surface area contributed by atoms with Gasteiger partial charge < -0.3 is 5.73 Å². The van der Waals surface area contributed by atoms with Gasteiger partial charge in [-0.15, -0.1) is 0 Å². The van der Waals surface area contributed by atoms with Crippen molar-refractivity contribution in [3.8, 4) is 0 Å². The highest BCUT2D eigenvalue weighted by atomic mass is 127. The maximum absolute atomic E-state index is 5.40. The first-order valence-electron chi connectivity index (χ1n) is 2.25. The summed E-state index contributed by atoms with van der Waals surface area (Å²) in [7, 11) is 1.70. The van der Waals surface area contributed by atoms with Gasteiger partial charge in [-0.25, -0.2) is 0 Å². The zero-order valence-corrected chi connectivity index (χ0v) is 6.92. The number of hydrogen-bond donors (Lipinski definition) is 1. The van der Waals surface area contributed by atoms with Gasteiger partial charge in [0.15, 0.2) is 0 Å². The number of halogens is 1. The maximum atomic E-state index is 5.40. The average Bonchev–Trinajstić information content (AvgIpc) is 1.68. The number of rotatable bonds is 2. The lowest BCUT2D eigenvalue weighted by Gasteiger charge is -1.85. The lowest BCUT2D eigenvalue weighted by atomic mass is 10.5. The molecule has 2 N–H and O–H groups in total. The summed E-state index contributed by atoms with van der Waals surface area (Å²) in [4.78, 5) is 3.73. The van der Waals surface area contributed by atoms with E-state index in [0.29, 0.717) is 0 Å². The van der Waals surface area contributed by atoms with E-state index in [0.717, 1.165) is 10.1 Å². The Bertz CT molecular complexity index is 107. The summed E-state index contributed by atoms with van der Waals surface area (Å²) in [5.74, 6) is 0. The first kappa shape index (κ1) is 7.94. The molecule has 0 atom stereocenters. The molecule has 0 saturated carbocycles. The van der Waals surface area contributed by atoms with Crippen molar-refractivity contribution in [3.63, 3.8) is 0 Å². The van der Waals surface area contributed by atoms with Crippen LogP contribution in [0.3, 0.4) is 0 Å². The molecule has 0 rings (SSSR count). The molecule has 46 valence electrons. The van der Waals surface area contributed by atoms with Gasteiger partial charge >= 0.3 is 0 Å². The Morgan fingerprint density at radius 1 is 1.88 bits per heavy atom. The fraction of sp³-hybridized carbons (Fsp3) is 0.400. The molecule has 0 aromatic rings. The molecular formula is C5H9IN2. The summed E-state index contributed by atoms with van der Waals surface area (Å²) in [5, 5.41) is 0. The standard InChI is InChI=1S/C5H9IN2/c1-8-4-5(7)2-3-6/h2,4H,3,7H2,1H3/b5-2+,8-4-. The van der Waals surface area contributed by atoms with Crippen LogP contribution in [0.5, 0.6) is 0 Å². The summed E-state index contributed by atoms with van der Waals surface area (Å²) in [6.45, 7) is 0. The molecule has 2 nitrogen and oxygen atoms in total. The van der Waals surface area contributed by atoms with Crippen LogP contribution < -0.4 is 5.73 Å². The molecule has 3 heteroatoms. The second kappa shape index (κ2) is 5.08. The van der Waals surface area contributed by atoms with E-state index in [9.17, 15) is 0 Å². The minimum absolute atomic E-state index is 0.738. The van der Waals surface area contributed by atoms with Crippen LogP contribution in [0.1, 0.15) is 0 Å². The van der Waals surface area contributed by atoms with Crippen LogP contribution in [-0.4, -0.2) is 17.7 Å². The fourth-order valence-corrected chi connectivity index (χ4v) is 0.799. The summed E-state index contributed by atoms with van der Waals surface area (Å²) in [6.07, 6.45) is 3.55. The molecule has 0 bridgehead atoms. The molecule has 0 spiro atoms. The quantitative estimate of drug-likeness (QED) is 0.423. The van der Waals surface area contributed by atoms with Crippen molar-refractivity contribution in [1.29, 1.82) is 0 Å². The van der Waals surface area contributed by atoms with Gasteiger partial charge in [-0.1, -0.05) is 28.7 Å². The van der Waals surface area contributed by atoms with E-state index in [2.05, 4.69) is 27.6 Å². The lowest BCUT2D eigenvalue weighted by Crippen LogP contribution is -1.97. The highest BCUT2D eigenvalue weighted by Crippen LogP contribution is 1.84. The minimum atomic E-state index is 0.738. The predicted molar refractivity (Wildman–Crippen MR) is 45.6 cm³/mol. The van der Waals surface area contributed by atoms with E-state index < -0.39 is 0 Å². The van der Waals surface area contributed by atoms with Crippen LogP contribution >= 0.6 is 22.6 Å². The SMILES string of the molecule is C/N=C\C(N)=C/CI. The average molecular weight is 224 g/mol. The summed E-state index contributed by atoms with van der Waals surface area (Å²) < 4.78 is 0.940. The molecule has 0 unspecified atom stereocenters. The second-order valence-corrected chi connectivity index (χ2v) is 2.13. The minimum Gasteiger partial charge on any atom is -0.398 e. The molecule has 0 aromatic carbocycles. The Morgan fingerprint density at radius 3 is 2.88 bits per heavy atom. The number of hydrogen-bond acceptors (Lipinski definition) is 2. The molecule has 8 heavy (non-hydrogen) atoms. The van der Waals surface area contributed by atoms with Crippen molar-refractivity contribution in [2.24, 2.45) is 10.7 Å². The molecule has 0 aliphatic carbocycles. The van der Waals surface area contributed by atoms with Crippen molar-refractivity contribution in [2.75, 3.05) is 11.5 Å². The Kier molecular flexibility index (Phi) is 5.05. The Labute approximate surface area is 63.0 Å². The largest absolute Gasteiger partial charge is 0.398 e.